The summed E-state index contributed by atoms with van der Waals surface area (Å²) >= 11 is 4.29. The van der Waals surface area contributed by atoms with E-state index in [1.54, 1.807) is 0 Å². The van der Waals surface area contributed by atoms with Gasteiger partial charge >= 0.3 is 34.9 Å². The molecule has 7 heteroatoms. The van der Waals surface area contributed by atoms with E-state index in [0.717, 1.165) is 12.1 Å². The summed E-state index contributed by atoms with van der Waals surface area (Å²) in [5.41, 5.74) is -1.09. The molecule has 0 aromatic heterocycles. The van der Waals surface area contributed by atoms with Gasteiger partial charge in [0.15, 0.2) is 5.57 Å². The van der Waals surface area contributed by atoms with E-state index < -0.39 is 16.7 Å². The Kier molecular flexibility index (Phi) is 6.32. The van der Waals surface area contributed by atoms with Crippen LogP contribution in [0, 0.1) is 22.7 Å². The molecule has 0 fully saturated rings. The molecule has 0 aliphatic carbocycles. The van der Waals surface area contributed by atoms with E-state index in [1.807, 2.05) is 0 Å². The number of nitrogens with zero attached hydrogens (tertiary/aromatic N) is 2. The van der Waals surface area contributed by atoms with Gasteiger partial charge in [0.2, 0.25) is 5.76 Å². The molecule has 0 spiro atoms. The maximum absolute atomic E-state index is 11.9. The van der Waals surface area contributed by atoms with Crippen molar-refractivity contribution in [3.63, 3.8) is 0 Å². The number of hydrogen-bond acceptors (Lipinski definition) is 3. The van der Waals surface area contributed by atoms with E-state index in [2.05, 4.69) is 11.6 Å². The van der Waals surface area contributed by atoms with Gasteiger partial charge in [0, 0.05) is 0 Å². The summed E-state index contributed by atoms with van der Waals surface area (Å²) in [5, 5.41) is 20.3. The molecule has 0 atom stereocenters. The standard InChI is InChI=1S/C5HClF2N2O.Na.H/c6-5(7,8)4(11)3(1-9)2-10;;/h11H;;. The fourth-order valence-corrected chi connectivity index (χ4v) is 0.367. The number of hydrogen-bond donors (Lipinski definition) is 1. The number of nitriles is 2. The first-order chi connectivity index (χ1) is 4.93. The Morgan fingerprint density at radius 1 is 1.33 bits per heavy atom. The van der Waals surface area contributed by atoms with Crippen molar-refractivity contribution in [2.24, 2.45) is 0 Å². The van der Waals surface area contributed by atoms with Gasteiger partial charge in [-0.15, -0.1) is 0 Å². The molecule has 0 aromatic rings. The van der Waals surface area contributed by atoms with Gasteiger partial charge < -0.3 is 5.11 Å². The molecule has 0 aromatic carbocycles. The quantitative estimate of drug-likeness (QED) is 0.299. The summed E-state index contributed by atoms with van der Waals surface area (Å²) in [5.74, 6) is -1.72. The molecular formula is C5H2ClF2N2NaO. The third-order valence-corrected chi connectivity index (χ3v) is 0.908. The zero-order chi connectivity index (χ0) is 9.07. The van der Waals surface area contributed by atoms with E-state index in [-0.39, 0.29) is 29.6 Å². The maximum atomic E-state index is 11.9. The van der Waals surface area contributed by atoms with Gasteiger partial charge in [-0.2, -0.15) is 19.3 Å². The summed E-state index contributed by atoms with van der Waals surface area (Å²) in [4.78, 5) is 0. The van der Waals surface area contributed by atoms with Crippen LogP contribution in [0.15, 0.2) is 11.3 Å². The second-order valence-electron chi connectivity index (χ2n) is 1.44. The number of alkyl halides is 3. The molecule has 0 aliphatic rings. The van der Waals surface area contributed by atoms with E-state index >= 15 is 0 Å². The first-order valence-corrected chi connectivity index (χ1v) is 2.62. The zero-order valence-electron chi connectivity index (χ0n) is 4.98. The minimum atomic E-state index is -4.05. The van der Waals surface area contributed by atoms with Crippen molar-refractivity contribution in [3.05, 3.63) is 11.3 Å². The van der Waals surface area contributed by atoms with Crippen molar-refractivity contribution < 1.29 is 13.9 Å². The van der Waals surface area contributed by atoms with E-state index in [0.29, 0.717) is 0 Å². The molecule has 3 nitrogen and oxygen atoms in total. The van der Waals surface area contributed by atoms with Crippen molar-refractivity contribution in [3.8, 4) is 12.1 Å². The van der Waals surface area contributed by atoms with Crippen LogP contribution in [0.3, 0.4) is 0 Å². The third kappa shape index (κ3) is 3.89. The Balaban J connectivity index is 0. The SMILES string of the molecule is N#CC(C#N)=C(O)C(F)(F)Cl.[NaH]. The van der Waals surface area contributed by atoms with Crippen molar-refractivity contribution in [2.75, 3.05) is 0 Å². The second kappa shape index (κ2) is 5.34. The van der Waals surface area contributed by atoms with Crippen LogP contribution in [-0.4, -0.2) is 40.0 Å². The van der Waals surface area contributed by atoms with Gasteiger partial charge in [0.1, 0.15) is 12.1 Å². The number of halogens is 3. The summed E-state index contributed by atoms with van der Waals surface area (Å²) in [6.45, 7) is 0. The van der Waals surface area contributed by atoms with Crippen molar-refractivity contribution in [1.82, 2.24) is 0 Å². The number of allylic oxidation sites excluding steroid dienone is 2. The Hall–Kier alpha value is -0.330. The van der Waals surface area contributed by atoms with E-state index in [4.69, 9.17) is 15.6 Å². The normalized spacial score (nSPS) is 8.75. The summed E-state index contributed by atoms with van der Waals surface area (Å²) in [6, 6.07) is 2.12. The van der Waals surface area contributed by atoms with E-state index in [1.165, 1.54) is 0 Å². The average Bonchev–Trinajstić information content (AvgIpc) is 1.88. The Morgan fingerprint density at radius 3 is 1.75 bits per heavy atom. The number of rotatable bonds is 1. The molecular weight excluding hydrogens is 201 g/mol. The van der Waals surface area contributed by atoms with Crippen LogP contribution in [0.2, 0.25) is 0 Å². The van der Waals surface area contributed by atoms with Gasteiger partial charge in [0.25, 0.3) is 0 Å². The molecule has 60 valence electrons. The summed E-state index contributed by atoms with van der Waals surface area (Å²) in [6.07, 6.45) is 0. The predicted octanol–water partition coefficient (Wildman–Crippen LogP) is 1.03. The summed E-state index contributed by atoms with van der Waals surface area (Å²) < 4.78 is 23.8. The molecule has 0 bridgehead atoms. The van der Waals surface area contributed by atoms with Gasteiger partial charge in [-0.1, -0.05) is 0 Å². The Bertz CT molecular complexity index is 257. The molecule has 0 aliphatic heterocycles. The van der Waals surface area contributed by atoms with Crippen LogP contribution in [-0.2, 0) is 0 Å². The molecule has 0 rings (SSSR count). The molecule has 0 saturated carbocycles. The van der Waals surface area contributed by atoms with Crippen LogP contribution in [0.1, 0.15) is 0 Å². The predicted molar refractivity (Wildman–Crippen MR) is 38.8 cm³/mol. The molecule has 0 radical (unpaired) electrons. The molecule has 1 N–H and O–H groups in total. The fourth-order valence-electron chi connectivity index (χ4n) is 0.273. The molecule has 0 unspecified atom stereocenters. The Morgan fingerprint density at radius 2 is 1.67 bits per heavy atom. The minimum absolute atomic E-state index is 0. The van der Waals surface area contributed by atoms with Crippen LogP contribution >= 0.6 is 11.6 Å². The van der Waals surface area contributed by atoms with Crippen molar-refractivity contribution in [1.29, 1.82) is 10.5 Å². The third-order valence-electron chi connectivity index (χ3n) is 0.729. The second-order valence-corrected chi connectivity index (χ2v) is 1.92. The van der Waals surface area contributed by atoms with Crippen LogP contribution in [0.5, 0.6) is 0 Å². The Labute approximate surface area is 94.1 Å². The number of aliphatic hydroxyl groups is 1. The monoisotopic (exact) mass is 202 g/mol. The van der Waals surface area contributed by atoms with Gasteiger partial charge in [0.05, 0.1) is 0 Å². The zero-order valence-corrected chi connectivity index (χ0v) is 5.73. The van der Waals surface area contributed by atoms with Crippen molar-refractivity contribution >= 4 is 41.2 Å². The van der Waals surface area contributed by atoms with Gasteiger partial charge in [-0.05, 0) is 11.6 Å². The van der Waals surface area contributed by atoms with Crippen LogP contribution in [0.4, 0.5) is 8.78 Å². The molecule has 0 amide bonds. The number of aliphatic hydroxyl groups excluding tert-OH is 1. The molecule has 0 heterocycles. The summed E-state index contributed by atoms with van der Waals surface area (Å²) in [7, 11) is 0. The fraction of sp³-hybridized carbons (Fsp3) is 0.200. The molecule has 0 saturated heterocycles. The molecule has 12 heavy (non-hydrogen) atoms. The van der Waals surface area contributed by atoms with Crippen LogP contribution in [0.25, 0.3) is 0 Å². The average molecular weight is 203 g/mol. The van der Waals surface area contributed by atoms with Gasteiger partial charge in [-0.25, -0.2) is 0 Å². The van der Waals surface area contributed by atoms with Crippen molar-refractivity contribution in [2.45, 2.75) is 5.38 Å². The first-order valence-electron chi connectivity index (χ1n) is 2.24. The topological polar surface area (TPSA) is 67.8 Å². The van der Waals surface area contributed by atoms with Crippen LogP contribution < -0.4 is 0 Å². The van der Waals surface area contributed by atoms with E-state index in [9.17, 15) is 8.78 Å². The first kappa shape index (κ1) is 14.2. The van der Waals surface area contributed by atoms with Gasteiger partial charge in [-0.3, -0.25) is 0 Å².